The van der Waals surface area contributed by atoms with Crippen LogP contribution in [0.15, 0.2) is 12.1 Å². The van der Waals surface area contributed by atoms with E-state index in [1.165, 1.54) is 7.11 Å². The van der Waals surface area contributed by atoms with Gasteiger partial charge in [0.2, 0.25) is 0 Å². The van der Waals surface area contributed by atoms with Crippen LogP contribution >= 0.6 is 11.6 Å². The quantitative estimate of drug-likeness (QED) is 0.667. The Morgan fingerprint density at radius 1 is 1.47 bits per heavy atom. The van der Waals surface area contributed by atoms with Crippen molar-refractivity contribution in [2.75, 3.05) is 24.8 Å². The number of methoxy groups -OCH3 is 1. The molecular formula is C12H17ClN2O2. The van der Waals surface area contributed by atoms with E-state index in [0.717, 1.165) is 0 Å². The third-order valence-corrected chi connectivity index (χ3v) is 2.91. The Morgan fingerprint density at radius 2 is 2.06 bits per heavy atom. The largest absolute Gasteiger partial charge is 0.465 e. The number of esters is 1. The third-order valence-electron chi connectivity index (χ3n) is 2.62. The molecule has 0 atom stereocenters. The van der Waals surface area contributed by atoms with E-state index in [9.17, 15) is 4.79 Å². The number of hydrogen-bond donors (Lipinski definition) is 1. The molecule has 94 valence electrons. The van der Waals surface area contributed by atoms with Gasteiger partial charge in [0, 0.05) is 18.8 Å². The number of nitrogen functional groups attached to an aromatic ring is 1. The van der Waals surface area contributed by atoms with Crippen molar-refractivity contribution in [3.8, 4) is 0 Å². The van der Waals surface area contributed by atoms with Crippen LogP contribution in [0.5, 0.6) is 0 Å². The summed E-state index contributed by atoms with van der Waals surface area (Å²) in [6, 6.07) is 3.41. The van der Waals surface area contributed by atoms with E-state index < -0.39 is 5.97 Å². The molecule has 0 radical (unpaired) electrons. The van der Waals surface area contributed by atoms with Gasteiger partial charge in [0.15, 0.2) is 0 Å². The number of hydrogen-bond acceptors (Lipinski definition) is 4. The van der Waals surface area contributed by atoms with Crippen LogP contribution in [-0.2, 0) is 4.74 Å². The minimum absolute atomic E-state index is 0.208. The zero-order valence-corrected chi connectivity index (χ0v) is 11.2. The van der Waals surface area contributed by atoms with Crippen molar-refractivity contribution in [1.82, 2.24) is 0 Å². The summed E-state index contributed by atoms with van der Waals surface area (Å²) in [7, 11) is 3.20. The Balaban J connectivity index is 3.40. The van der Waals surface area contributed by atoms with E-state index in [2.05, 4.69) is 0 Å². The smallest absolute Gasteiger partial charge is 0.340 e. The molecule has 17 heavy (non-hydrogen) atoms. The SMILES string of the molecule is COC(=O)c1cc(N)cc(Cl)c1N(C)C(C)C. The second kappa shape index (κ2) is 5.27. The molecule has 0 aliphatic heterocycles. The fraction of sp³-hybridized carbons (Fsp3) is 0.417. The van der Waals surface area contributed by atoms with Crippen molar-refractivity contribution < 1.29 is 9.53 Å². The highest BCUT2D eigenvalue weighted by molar-refractivity contribution is 6.34. The van der Waals surface area contributed by atoms with Gasteiger partial charge in [-0.3, -0.25) is 0 Å². The number of anilines is 2. The monoisotopic (exact) mass is 256 g/mol. The maximum absolute atomic E-state index is 11.7. The molecule has 2 N–H and O–H groups in total. The van der Waals surface area contributed by atoms with Gasteiger partial charge in [-0.05, 0) is 26.0 Å². The Labute approximate surface area is 106 Å². The van der Waals surface area contributed by atoms with Crippen LogP contribution in [0.1, 0.15) is 24.2 Å². The topological polar surface area (TPSA) is 55.6 Å². The molecule has 0 heterocycles. The first kappa shape index (κ1) is 13.6. The molecular weight excluding hydrogens is 240 g/mol. The number of benzene rings is 1. The molecule has 0 bridgehead atoms. The third kappa shape index (κ3) is 2.82. The lowest BCUT2D eigenvalue weighted by atomic mass is 10.1. The fourth-order valence-electron chi connectivity index (χ4n) is 1.50. The average Bonchev–Trinajstić information content (AvgIpc) is 2.26. The van der Waals surface area contributed by atoms with Crippen molar-refractivity contribution in [2.45, 2.75) is 19.9 Å². The summed E-state index contributed by atoms with van der Waals surface area (Å²) in [4.78, 5) is 13.6. The molecule has 0 saturated heterocycles. The summed E-state index contributed by atoms with van der Waals surface area (Å²) in [5.74, 6) is -0.443. The van der Waals surface area contributed by atoms with Gasteiger partial charge in [0.1, 0.15) is 0 Å². The van der Waals surface area contributed by atoms with Gasteiger partial charge in [-0.2, -0.15) is 0 Å². The molecule has 0 fully saturated rings. The summed E-state index contributed by atoms with van der Waals surface area (Å²) in [5.41, 5.74) is 7.15. The summed E-state index contributed by atoms with van der Waals surface area (Å²) in [5, 5.41) is 0.446. The second-order valence-corrected chi connectivity index (χ2v) is 4.50. The van der Waals surface area contributed by atoms with E-state index in [0.29, 0.717) is 22.0 Å². The molecule has 5 heteroatoms. The van der Waals surface area contributed by atoms with E-state index in [1.54, 1.807) is 12.1 Å². The van der Waals surface area contributed by atoms with Gasteiger partial charge in [0.25, 0.3) is 0 Å². The lowest BCUT2D eigenvalue weighted by Crippen LogP contribution is -2.28. The molecule has 1 aromatic carbocycles. The van der Waals surface area contributed by atoms with Crippen molar-refractivity contribution in [3.63, 3.8) is 0 Å². The van der Waals surface area contributed by atoms with E-state index in [4.69, 9.17) is 22.1 Å². The predicted octanol–water partition coefficient (Wildman–Crippen LogP) is 2.55. The van der Waals surface area contributed by atoms with Crippen LogP contribution in [0.3, 0.4) is 0 Å². The Kier molecular flexibility index (Phi) is 4.23. The van der Waals surface area contributed by atoms with Gasteiger partial charge in [-0.25, -0.2) is 4.79 Å². The van der Waals surface area contributed by atoms with Crippen LogP contribution in [-0.4, -0.2) is 26.2 Å². The molecule has 0 aliphatic rings. The second-order valence-electron chi connectivity index (χ2n) is 4.10. The van der Waals surface area contributed by atoms with Gasteiger partial charge in [-0.1, -0.05) is 11.6 Å². The summed E-state index contributed by atoms with van der Waals surface area (Å²) in [6.45, 7) is 4.02. The molecule has 0 saturated carbocycles. The first-order valence-corrected chi connectivity index (χ1v) is 5.66. The van der Waals surface area contributed by atoms with E-state index in [-0.39, 0.29) is 6.04 Å². The molecule has 0 amide bonds. The maximum atomic E-state index is 11.7. The van der Waals surface area contributed by atoms with Crippen LogP contribution in [0.25, 0.3) is 0 Å². The Hall–Kier alpha value is -1.42. The van der Waals surface area contributed by atoms with Gasteiger partial charge < -0.3 is 15.4 Å². The fourth-order valence-corrected chi connectivity index (χ4v) is 1.86. The minimum Gasteiger partial charge on any atom is -0.465 e. The lowest BCUT2D eigenvalue weighted by Gasteiger charge is -2.27. The van der Waals surface area contributed by atoms with Crippen LogP contribution in [0, 0.1) is 0 Å². The zero-order chi connectivity index (χ0) is 13.2. The first-order chi connectivity index (χ1) is 7.88. The highest BCUT2D eigenvalue weighted by atomic mass is 35.5. The molecule has 0 aliphatic carbocycles. The highest BCUT2D eigenvalue weighted by Crippen LogP contribution is 2.33. The van der Waals surface area contributed by atoms with Gasteiger partial charge in [-0.15, -0.1) is 0 Å². The van der Waals surface area contributed by atoms with Crippen molar-refractivity contribution >= 4 is 28.9 Å². The van der Waals surface area contributed by atoms with Crippen LogP contribution in [0.2, 0.25) is 5.02 Å². The number of nitrogens with zero attached hydrogens (tertiary/aromatic N) is 1. The number of nitrogens with two attached hydrogens (primary N) is 1. The van der Waals surface area contributed by atoms with Crippen LogP contribution < -0.4 is 10.6 Å². The number of ether oxygens (including phenoxy) is 1. The maximum Gasteiger partial charge on any atom is 0.340 e. The molecule has 4 nitrogen and oxygen atoms in total. The Bertz CT molecular complexity index is 433. The lowest BCUT2D eigenvalue weighted by molar-refractivity contribution is 0.0601. The van der Waals surface area contributed by atoms with Crippen molar-refractivity contribution in [2.24, 2.45) is 0 Å². The number of rotatable bonds is 3. The summed E-state index contributed by atoms with van der Waals surface area (Å²) < 4.78 is 4.74. The van der Waals surface area contributed by atoms with Gasteiger partial charge in [0.05, 0.1) is 23.4 Å². The Morgan fingerprint density at radius 3 is 2.53 bits per heavy atom. The highest BCUT2D eigenvalue weighted by Gasteiger charge is 2.20. The normalized spacial score (nSPS) is 10.5. The van der Waals surface area contributed by atoms with Crippen molar-refractivity contribution in [1.29, 1.82) is 0 Å². The average molecular weight is 257 g/mol. The van der Waals surface area contributed by atoms with Crippen LogP contribution in [0.4, 0.5) is 11.4 Å². The molecule has 1 rings (SSSR count). The van der Waals surface area contributed by atoms with E-state index in [1.807, 2.05) is 25.8 Å². The number of halogens is 1. The van der Waals surface area contributed by atoms with Gasteiger partial charge >= 0.3 is 5.97 Å². The molecule has 1 aromatic rings. The molecule has 0 spiro atoms. The van der Waals surface area contributed by atoms with E-state index >= 15 is 0 Å². The predicted molar refractivity (Wildman–Crippen MR) is 70.7 cm³/mol. The number of carbonyl (C=O) groups is 1. The zero-order valence-electron chi connectivity index (χ0n) is 10.5. The molecule has 0 aromatic heterocycles. The molecule has 0 unspecified atom stereocenters. The minimum atomic E-state index is -0.443. The summed E-state index contributed by atoms with van der Waals surface area (Å²) >= 11 is 6.15. The summed E-state index contributed by atoms with van der Waals surface area (Å²) in [6.07, 6.45) is 0. The van der Waals surface area contributed by atoms with Crippen molar-refractivity contribution in [3.05, 3.63) is 22.7 Å². The first-order valence-electron chi connectivity index (χ1n) is 5.28. The number of carbonyl (C=O) groups excluding carboxylic acids is 1. The standard InChI is InChI=1S/C12H17ClN2O2/c1-7(2)15(3)11-9(12(16)17-4)5-8(14)6-10(11)13/h5-7H,14H2,1-4H3.